The summed E-state index contributed by atoms with van der Waals surface area (Å²) in [7, 11) is 0. The van der Waals surface area contributed by atoms with E-state index in [9.17, 15) is 14.9 Å². The molecule has 1 unspecified atom stereocenters. The van der Waals surface area contributed by atoms with Crippen molar-refractivity contribution in [2.45, 2.75) is 13.0 Å². The number of hydrogen-bond acceptors (Lipinski definition) is 8. The van der Waals surface area contributed by atoms with Gasteiger partial charge in [0.1, 0.15) is 0 Å². The summed E-state index contributed by atoms with van der Waals surface area (Å²) < 4.78 is 10.8. The van der Waals surface area contributed by atoms with Crippen molar-refractivity contribution in [2.24, 2.45) is 0 Å². The van der Waals surface area contributed by atoms with E-state index >= 15 is 0 Å². The van der Waals surface area contributed by atoms with Gasteiger partial charge in [-0.2, -0.15) is 0 Å². The van der Waals surface area contributed by atoms with Gasteiger partial charge in [0.2, 0.25) is 5.89 Å². The Labute approximate surface area is 157 Å². The maximum Gasteiger partial charge on any atom is 0.338 e. The molecule has 1 heterocycles. The molecule has 2 N–H and O–H groups in total. The van der Waals surface area contributed by atoms with Crippen molar-refractivity contribution in [3.05, 3.63) is 69.1 Å². The predicted octanol–water partition coefficient (Wildman–Crippen LogP) is 3.80. The summed E-state index contributed by atoms with van der Waals surface area (Å²) in [4.78, 5) is 22.4. The Morgan fingerprint density at radius 3 is 2.59 bits per heavy atom. The molecular weight excluding hydrogens is 376 g/mol. The normalized spacial score (nSPS) is 11.8. The average molecular weight is 389 g/mol. The molecule has 1 atom stereocenters. The first-order valence-corrected chi connectivity index (χ1v) is 8.07. The number of nitro benzene ring substituents is 1. The molecule has 0 radical (unpaired) electrons. The second-order valence-electron chi connectivity index (χ2n) is 5.53. The number of hydrogen-bond donors (Lipinski definition) is 1. The van der Waals surface area contributed by atoms with Gasteiger partial charge in [0.15, 0.2) is 6.10 Å². The summed E-state index contributed by atoms with van der Waals surface area (Å²) in [6.45, 7) is 1.57. The van der Waals surface area contributed by atoms with E-state index in [2.05, 4.69) is 10.2 Å². The lowest BCUT2D eigenvalue weighted by Gasteiger charge is -2.10. The van der Waals surface area contributed by atoms with E-state index in [0.29, 0.717) is 10.6 Å². The second kappa shape index (κ2) is 7.42. The molecule has 138 valence electrons. The number of rotatable bonds is 5. The Hall–Kier alpha value is -3.46. The van der Waals surface area contributed by atoms with Crippen molar-refractivity contribution in [3.63, 3.8) is 0 Å². The van der Waals surface area contributed by atoms with E-state index in [1.165, 1.54) is 42.5 Å². The number of nitrogens with zero attached hydrogens (tertiary/aromatic N) is 3. The van der Waals surface area contributed by atoms with Crippen LogP contribution >= 0.6 is 11.6 Å². The molecule has 0 aliphatic rings. The Kier molecular flexibility index (Phi) is 5.04. The first-order chi connectivity index (χ1) is 12.8. The number of non-ortho nitro benzene ring substituents is 1. The summed E-state index contributed by atoms with van der Waals surface area (Å²) in [5.41, 5.74) is 6.62. The van der Waals surface area contributed by atoms with Gasteiger partial charge in [-0.25, -0.2) is 4.79 Å². The number of anilines is 1. The van der Waals surface area contributed by atoms with Crippen LogP contribution in [0.4, 0.5) is 11.4 Å². The van der Waals surface area contributed by atoms with Gasteiger partial charge in [-0.3, -0.25) is 10.1 Å². The molecule has 27 heavy (non-hydrogen) atoms. The highest BCUT2D eigenvalue weighted by molar-refractivity contribution is 6.33. The van der Waals surface area contributed by atoms with Crippen molar-refractivity contribution >= 4 is 28.9 Å². The molecule has 0 spiro atoms. The zero-order valence-corrected chi connectivity index (χ0v) is 14.7. The van der Waals surface area contributed by atoms with Gasteiger partial charge < -0.3 is 14.9 Å². The van der Waals surface area contributed by atoms with Crippen molar-refractivity contribution in [1.29, 1.82) is 0 Å². The smallest absolute Gasteiger partial charge is 0.338 e. The number of ether oxygens (including phenoxy) is 1. The van der Waals surface area contributed by atoms with Crippen LogP contribution in [0.25, 0.3) is 11.5 Å². The maximum atomic E-state index is 12.2. The summed E-state index contributed by atoms with van der Waals surface area (Å²) in [5, 5.41) is 18.8. The van der Waals surface area contributed by atoms with Crippen molar-refractivity contribution in [3.8, 4) is 11.5 Å². The van der Waals surface area contributed by atoms with Crippen molar-refractivity contribution in [1.82, 2.24) is 10.2 Å². The second-order valence-corrected chi connectivity index (χ2v) is 5.94. The molecule has 0 bridgehead atoms. The maximum absolute atomic E-state index is 12.2. The standard InChI is InChI=1S/C17H13ClN4O5/c1-9(26-17(23)11-4-7-13(18)14(19)8-11)15-20-21-16(27-15)10-2-5-12(6-3-10)22(24)25/h2-9H,19H2,1H3. The number of nitrogen functional groups attached to an aromatic ring is 1. The van der Waals surface area contributed by atoms with Gasteiger partial charge in [-0.15, -0.1) is 10.2 Å². The lowest BCUT2D eigenvalue weighted by Crippen LogP contribution is -2.10. The summed E-state index contributed by atoms with van der Waals surface area (Å²) >= 11 is 5.83. The van der Waals surface area contributed by atoms with Gasteiger partial charge in [-0.05, 0) is 37.3 Å². The van der Waals surface area contributed by atoms with Crippen LogP contribution in [0.2, 0.25) is 5.02 Å². The van der Waals surface area contributed by atoms with E-state index < -0.39 is 17.0 Å². The minimum atomic E-state index is -0.811. The van der Waals surface area contributed by atoms with Crippen LogP contribution in [0.3, 0.4) is 0 Å². The number of benzene rings is 2. The lowest BCUT2D eigenvalue weighted by atomic mass is 10.2. The topological polar surface area (TPSA) is 134 Å². The van der Waals surface area contributed by atoms with Crippen molar-refractivity contribution in [2.75, 3.05) is 5.73 Å². The zero-order chi connectivity index (χ0) is 19.6. The number of halogens is 1. The van der Waals surface area contributed by atoms with Crippen molar-refractivity contribution < 1.29 is 18.9 Å². The van der Waals surface area contributed by atoms with Crippen LogP contribution < -0.4 is 5.73 Å². The minimum Gasteiger partial charge on any atom is -0.449 e. The van der Waals surface area contributed by atoms with Gasteiger partial charge >= 0.3 is 5.97 Å². The monoisotopic (exact) mass is 388 g/mol. The van der Waals surface area contributed by atoms with Crippen LogP contribution in [-0.2, 0) is 4.74 Å². The van der Waals surface area contributed by atoms with E-state index in [1.54, 1.807) is 6.92 Å². The van der Waals surface area contributed by atoms with E-state index in [4.69, 9.17) is 26.5 Å². The van der Waals surface area contributed by atoms with Crippen LogP contribution in [0.15, 0.2) is 46.9 Å². The van der Waals surface area contributed by atoms with Crippen LogP contribution in [0.1, 0.15) is 29.3 Å². The van der Waals surface area contributed by atoms with Crippen LogP contribution in [0, 0.1) is 10.1 Å². The van der Waals surface area contributed by atoms with E-state index in [0.717, 1.165) is 0 Å². The SMILES string of the molecule is CC(OC(=O)c1ccc(Cl)c(N)c1)c1nnc(-c2ccc([N+](=O)[O-])cc2)o1. The molecular formula is C17H13ClN4O5. The summed E-state index contributed by atoms with van der Waals surface area (Å²) in [5.74, 6) is -0.391. The molecule has 0 aliphatic heterocycles. The molecule has 3 rings (SSSR count). The average Bonchev–Trinajstić information content (AvgIpc) is 3.14. The number of carbonyl (C=O) groups is 1. The third kappa shape index (κ3) is 4.04. The molecule has 10 heteroatoms. The van der Waals surface area contributed by atoms with Gasteiger partial charge in [0.05, 0.1) is 21.2 Å². The first-order valence-electron chi connectivity index (χ1n) is 7.69. The van der Waals surface area contributed by atoms with Gasteiger partial charge in [0, 0.05) is 17.7 Å². The lowest BCUT2D eigenvalue weighted by molar-refractivity contribution is -0.384. The number of nitro groups is 1. The molecule has 3 aromatic rings. The molecule has 1 aromatic heterocycles. The summed E-state index contributed by atoms with van der Waals surface area (Å²) in [6, 6.07) is 10.0. The van der Waals surface area contributed by atoms with Crippen LogP contribution in [0.5, 0.6) is 0 Å². The molecule has 9 nitrogen and oxygen atoms in total. The fraction of sp³-hybridized carbons (Fsp3) is 0.118. The minimum absolute atomic E-state index is 0.0528. The van der Waals surface area contributed by atoms with Gasteiger partial charge in [0.25, 0.3) is 11.6 Å². The number of carbonyl (C=O) groups excluding carboxylic acids is 1. The fourth-order valence-corrected chi connectivity index (χ4v) is 2.31. The quantitative estimate of drug-likeness (QED) is 0.302. The number of esters is 1. The molecule has 0 fully saturated rings. The molecule has 0 saturated carbocycles. The number of aromatic nitrogens is 2. The number of nitrogens with two attached hydrogens (primary N) is 1. The fourth-order valence-electron chi connectivity index (χ4n) is 2.19. The van der Waals surface area contributed by atoms with E-state index in [1.807, 2.05) is 0 Å². The zero-order valence-electron chi connectivity index (χ0n) is 14.0. The Morgan fingerprint density at radius 2 is 1.96 bits per heavy atom. The summed E-state index contributed by atoms with van der Waals surface area (Å²) in [6.07, 6.45) is -0.811. The molecule has 0 amide bonds. The third-order valence-electron chi connectivity index (χ3n) is 3.63. The largest absolute Gasteiger partial charge is 0.449 e. The Morgan fingerprint density at radius 1 is 1.26 bits per heavy atom. The Balaban J connectivity index is 1.72. The van der Waals surface area contributed by atoms with Crippen LogP contribution in [-0.4, -0.2) is 21.1 Å². The highest BCUT2D eigenvalue weighted by Crippen LogP contribution is 2.26. The molecule has 2 aromatic carbocycles. The predicted molar refractivity (Wildman–Crippen MR) is 96.1 cm³/mol. The molecule has 0 aliphatic carbocycles. The van der Waals surface area contributed by atoms with Gasteiger partial charge in [-0.1, -0.05) is 11.6 Å². The first kappa shape index (κ1) is 18.3. The third-order valence-corrected chi connectivity index (χ3v) is 3.97. The highest BCUT2D eigenvalue weighted by atomic mass is 35.5. The van der Waals surface area contributed by atoms with E-state index in [-0.39, 0.29) is 28.7 Å². The highest BCUT2D eigenvalue weighted by Gasteiger charge is 2.20. The Bertz CT molecular complexity index is 1000. The molecule has 0 saturated heterocycles.